The molecule has 0 atom stereocenters. The molecule has 0 aromatic rings. The number of sulfone groups is 1. The van der Waals surface area contributed by atoms with Gasteiger partial charge in [-0.25, -0.2) is 18.0 Å². The molecule has 0 unspecified atom stereocenters. The van der Waals surface area contributed by atoms with Crippen LogP contribution in [0.15, 0.2) is 0 Å². The van der Waals surface area contributed by atoms with Gasteiger partial charge in [0.25, 0.3) is 0 Å². The van der Waals surface area contributed by atoms with Crippen molar-refractivity contribution in [3.05, 3.63) is 0 Å². The number of hydrogen-bond acceptors (Lipinski definition) is 4. The molecule has 0 bridgehead atoms. The molecule has 0 radical (unpaired) electrons. The van der Waals surface area contributed by atoms with Gasteiger partial charge in [0.1, 0.15) is 15.4 Å². The van der Waals surface area contributed by atoms with Crippen molar-refractivity contribution in [2.24, 2.45) is 0 Å². The van der Waals surface area contributed by atoms with E-state index in [0.717, 1.165) is 0 Å². The topological polar surface area (TPSA) is 113 Å². The minimum Gasteiger partial charge on any atom is -0.480 e. The molecule has 1 fully saturated rings. The summed E-state index contributed by atoms with van der Waals surface area (Å²) in [7, 11) is -2.97. The van der Waals surface area contributed by atoms with E-state index in [1.54, 1.807) is 0 Å². The predicted molar refractivity (Wildman–Crippen MR) is 65.1 cm³/mol. The monoisotopic (exact) mass is 278 g/mol. The van der Waals surface area contributed by atoms with Crippen LogP contribution < -0.4 is 10.6 Å². The molecule has 1 rings (SSSR count). The largest absolute Gasteiger partial charge is 0.480 e. The van der Waals surface area contributed by atoms with E-state index >= 15 is 0 Å². The highest BCUT2D eigenvalue weighted by Crippen LogP contribution is 2.12. The Morgan fingerprint density at radius 2 is 1.72 bits per heavy atom. The lowest BCUT2D eigenvalue weighted by Crippen LogP contribution is -2.55. The fraction of sp³-hybridized carbons (Fsp3) is 0.800. The van der Waals surface area contributed by atoms with Gasteiger partial charge >= 0.3 is 12.0 Å². The second-order valence-electron chi connectivity index (χ2n) is 4.95. The lowest BCUT2D eigenvalue weighted by atomic mass is 10.1. The molecular weight excluding hydrogens is 260 g/mol. The summed E-state index contributed by atoms with van der Waals surface area (Å²) in [5, 5.41) is 13.8. The van der Waals surface area contributed by atoms with Gasteiger partial charge < -0.3 is 15.7 Å². The van der Waals surface area contributed by atoms with E-state index in [9.17, 15) is 18.0 Å². The predicted octanol–water partition coefficient (Wildman–Crippen LogP) is -0.274. The van der Waals surface area contributed by atoms with Gasteiger partial charge in [0.05, 0.1) is 11.5 Å². The molecule has 2 amide bonds. The van der Waals surface area contributed by atoms with E-state index in [0.29, 0.717) is 12.8 Å². The molecule has 0 aromatic carbocycles. The fourth-order valence-corrected chi connectivity index (χ4v) is 3.08. The van der Waals surface area contributed by atoms with Crippen LogP contribution in [0.3, 0.4) is 0 Å². The Morgan fingerprint density at radius 3 is 2.17 bits per heavy atom. The van der Waals surface area contributed by atoms with Gasteiger partial charge in [-0.15, -0.1) is 0 Å². The number of amides is 2. The molecule has 1 aliphatic rings. The normalized spacial score (nSPS) is 20.1. The van der Waals surface area contributed by atoms with Crippen molar-refractivity contribution in [1.29, 1.82) is 0 Å². The number of aliphatic carboxylic acids is 1. The number of carboxylic acids is 1. The van der Waals surface area contributed by atoms with Crippen molar-refractivity contribution in [3.63, 3.8) is 0 Å². The number of rotatable bonds is 3. The minimum atomic E-state index is -2.97. The lowest BCUT2D eigenvalue weighted by Gasteiger charge is -2.26. The van der Waals surface area contributed by atoms with Gasteiger partial charge in [-0.3, -0.25) is 0 Å². The van der Waals surface area contributed by atoms with E-state index < -0.39 is 27.4 Å². The van der Waals surface area contributed by atoms with E-state index in [2.05, 4.69) is 10.6 Å². The summed E-state index contributed by atoms with van der Waals surface area (Å²) in [6.45, 7) is 2.75. The maximum absolute atomic E-state index is 11.6. The number of carbonyl (C=O) groups excluding carboxylic acids is 1. The van der Waals surface area contributed by atoms with Crippen LogP contribution in [0.5, 0.6) is 0 Å². The van der Waals surface area contributed by atoms with Gasteiger partial charge in [0.2, 0.25) is 0 Å². The van der Waals surface area contributed by atoms with Crippen LogP contribution >= 0.6 is 0 Å². The van der Waals surface area contributed by atoms with Crippen LogP contribution in [0.25, 0.3) is 0 Å². The summed E-state index contributed by atoms with van der Waals surface area (Å²) in [4.78, 5) is 22.4. The number of hydrogen-bond donors (Lipinski definition) is 3. The van der Waals surface area contributed by atoms with E-state index in [1.807, 2.05) is 0 Å². The summed E-state index contributed by atoms with van der Waals surface area (Å²) >= 11 is 0. The van der Waals surface area contributed by atoms with Gasteiger partial charge in [-0.1, -0.05) is 0 Å². The highest BCUT2D eigenvalue weighted by molar-refractivity contribution is 7.91. The Kier molecular flexibility index (Phi) is 4.20. The van der Waals surface area contributed by atoms with Crippen LogP contribution in [0, 0.1) is 0 Å². The van der Waals surface area contributed by atoms with Crippen LogP contribution in [-0.4, -0.2) is 48.6 Å². The number of carbonyl (C=O) groups is 2. The standard InChI is InChI=1S/C10H18N2O5S/c1-10(2,8(13)14)12-9(15)11-7-3-5-18(16,17)6-4-7/h7H,3-6H2,1-2H3,(H,13,14)(H2,11,12,15). The van der Waals surface area contributed by atoms with E-state index in [-0.39, 0.29) is 17.5 Å². The Bertz CT molecular complexity index is 429. The Balaban J connectivity index is 2.45. The van der Waals surface area contributed by atoms with Gasteiger partial charge in [-0.05, 0) is 26.7 Å². The Morgan fingerprint density at radius 1 is 1.22 bits per heavy atom. The second kappa shape index (κ2) is 5.13. The zero-order valence-corrected chi connectivity index (χ0v) is 11.2. The minimum absolute atomic E-state index is 0.0558. The third-order valence-electron chi connectivity index (χ3n) is 2.85. The molecule has 18 heavy (non-hydrogen) atoms. The van der Waals surface area contributed by atoms with Gasteiger partial charge in [0.15, 0.2) is 0 Å². The molecule has 8 heteroatoms. The lowest BCUT2D eigenvalue weighted by molar-refractivity contribution is -0.142. The highest BCUT2D eigenvalue weighted by Gasteiger charge is 2.30. The fourth-order valence-electron chi connectivity index (χ4n) is 1.59. The third kappa shape index (κ3) is 4.17. The first-order valence-electron chi connectivity index (χ1n) is 5.65. The second-order valence-corrected chi connectivity index (χ2v) is 7.26. The van der Waals surface area contributed by atoms with Crippen LogP contribution in [0.1, 0.15) is 26.7 Å². The average Bonchev–Trinajstić information content (AvgIpc) is 2.20. The molecule has 1 saturated heterocycles. The SMILES string of the molecule is CC(C)(NC(=O)NC1CCS(=O)(=O)CC1)C(=O)O. The Hall–Kier alpha value is -1.31. The smallest absolute Gasteiger partial charge is 0.328 e. The van der Waals surface area contributed by atoms with E-state index in [1.165, 1.54) is 13.8 Å². The Labute approximate surface area is 106 Å². The zero-order valence-electron chi connectivity index (χ0n) is 10.4. The molecule has 0 aromatic heterocycles. The average molecular weight is 278 g/mol. The zero-order chi connectivity index (χ0) is 14.0. The van der Waals surface area contributed by atoms with Gasteiger partial charge in [0, 0.05) is 6.04 Å². The van der Waals surface area contributed by atoms with Crippen molar-refractivity contribution in [3.8, 4) is 0 Å². The molecular formula is C10H18N2O5S. The van der Waals surface area contributed by atoms with Crippen LogP contribution in [0.4, 0.5) is 4.79 Å². The van der Waals surface area contributed by atoms with E-state index in [4.69, 9.17) is 5.11 Å². The van der Waals surface area contributed by atoms with Crippen molar-refractivity contribution >= 4 is 21.8 Å². The van der Waals surface area contributed by atoms with Crippen molar-refractivity contribution < 1.29 is 23.1 Å². The summed E-state index contributed by atoms with van der Waals surface area (Å²) < 4.78 is 22.4. The third-order valence-corrected chi connectivity index (χ3v) is 4.57. The molecule has 0 spiro atoms. The number of urea groups is 1. The first-order chi connectivity index (χ1) is 8.12. The molecule has 3 N–H and O–H groups in total. The van der Waals surface area contributed by atoms with Crippen molar-refractivity contribution in [2.75, 3.05) is 11.5 Å². The van der Waals surface area contributed by atoms with Crippen LogP contribution in [0.2, 0.25) is 0 Å². The summed E-state index contributed by atoms with van der Waals surface area (Å²) in [5.74, 6) is -1.02. The molecule has 104 valence electrons. The molecule has 0 aliphatic carbocycles. The van der Waals surface area contributed by atoms with Crippen LogP contribution in [-0.2, 0) is 14.6 Å². The quantitative estimate of drug-likeness (QED) is 0.657. The highest BCUT2D eigenvalue weighted by atomic mass is 32.2. The maximum atomic E-state index is 11.6. The summed E-state index contributed by atoms with van der Waals surface area (Å²) in [6, 6.07) is -0.815. The first-order valence-corrected chi connectivity index (χ1v) is 7.47. The van der Waals surface area contributed by atoms with Crippen molar-refractivity contribution in [1.82, 2.24) is 10.6 Å². The molecule has 1 heterocycles. The van der Waals surface area contributed by atoms with Crippen molar-refractivity contribution in [2.45, 2.75) is 38.3 Å². The van der Waals surface area contributed by atoms with Gasteiger partial charge in [-0.2, -0.15) is 0 Å². The maximum Gasteiger partial charge on any atom is 0.328 e. The molecule has 7 nitrogen and oxygen atoms in total. The summed E-state index contributed by atoms with van der Waals surface area (Å²) in [6.07, 6.45) is 0.729. The molecule has 0 saturated carbocycles. The number of nitrogens with one attached hydrogen (secondary N) is 2. The molecule has 1 aliphatic heterocycles. The first kappa shape index (κ1) is 14.7. The summed E-state index contributed by atoms with van der Waals surface area (Å²) in [5.41, 5.74) is -1.36. The number of carboxylic acid groups (broad SMARTS) is 1.